The molecule has 3 aromatic rings. The minimum absolute atomic E-state index is 0.0412. The van der Waals surface area contributed by atoms with E-state index in [-0.39, 0.29) is 23.6 Å². The van der Waals surface area contributed by atoms with Crippen molar-refractivity contribution in [1.29, 1.82) is 0 Å². The van der Waals surface area contributed by atoms with Crippen molar-refractivity contribution >= 4 is 34.6 Å². The molecule has 34 heavy (non-hydrogen) atoms. The standard InChI is InChI=1S/C25H24ClN5O3/c26-21-6-1-2-7-23(21)29-11-12-30-22-9-8-19(31(33)34)13-17(22)14-20(24(30)16-29)25(32)28-15-18-5-3-4-10-27-18/h1-10,13,20,24H,11-12,14-16H2,(H,28,32). The van der Waals surface area contributed by atoms with E-state index < -0.39 is 4.92 Å². The lowest BCUT2D eigenvalue weighted by atomic mass is 9.83. The second kappa shape index (κ2) is 9.30. The van der Waals surface area contributed by atoms with Gasteiger partial charge in [-0.25, -0.2) is 0 Å². The molecule has 2 aliphatic heterocycles. The number of aromatic nitrogens is 1. The number of anilines is 2. The van der Waals surface area contributed by atoms with Crippen molar-refractivity contribution < 1.29 is 9.72 Å². The lowest BCUT2D eigenvalue weighted by molar-refractivity contribution is -0.384. The molecule has 1 amide bonds. The molecular formula is C25H24ClN5O3. The van der Waals surface area contributed by atoms with Crippen LogP contribution in [0.25, 0.3) is 0 Å². The summed E-state index contributed by atoms with van der Waals surface area (Å²) in [5.74, 6) is -0.456. The number of nitrogens with zero attached hydrogens (tertiary/aromatic N) is 4. The molecular weight excluding hydrogens is 454 g/mol. The minimum atomic E-state index is -0.391. The van der Waals surface area contributed by atoms with Gasteiger partial charge >= 0.3 is 0 Å². The molecule has 2 aromatic carbocycles. The van der Waals surface area contributed by atoms with Crippen molar-refractivity contribution in [2.24, 2.45) is 5.92 Å². The molecule has 2 aliphatic rings. The van der Waals surface area contributed by atoms with E-state index in [1.807, 2.05) is 48.5 Å². The number of para-hydroxylation sites is 1. The molecule has 1 aromatic heterocycles. The Morgan fingerprint density at radius 2 is 1.94 bits per heavy atom. The molecule has 0 spiro atoms. The van der Waals surface area contributed by atoms with E-state index >= 15 is 0 Å². The third kappa shape index (κ3) is 4.28. The fourth-order valence-electron chi connectivity index (χ4n) is 4.96. The molecule has 2 atom stereocenters. The summed E-state index contributed by atoms with van der Waals surface area (Å²) in [6.07, 6.45) is 2.13. The van der Waals surface area contributed by atoms with Gasteiger partial charge in [-0.3, -0.25) is 19.9 Å². The number of halogens is 1. The zero-order valence-electron chi connectivity index (χ0n) is 18.4. The summed E-state index contributed by atoms with van der Waals surface area (Å²) >= 11 is 6.47. The second-order valence-electron chi connectivity index (χ2n) is 8.58. The van der Waals surface area contributed by atoms with E-state index in [0.717, 1.165) is 29.2 Å². The Morgan fingerprint density at radius 1 is 1.12 bits per heavy atom. The average Bonchev–Trinajstić information content (AvgIpc) is 2.87. The van der Waals surface area contributed by atoms with Crippen LogP contribution in [0.2, 0.25) is 5.02 Å². The number of hydrogen-bond donors (Lipinski definition) is 1. The van der Waals surface area contributed by atoms with Gasteiger partial charge in [0.1, 0.15) is 0 Å². The molecule has 0 bridgehead atoms. The molecule has 1 saturated heterocycles. The van der Waals surface area contributed by atoms with Gasteiger partial charge < -0.3 is 15.1 Å². The zero-order chi connectivity index (χ0) is 23.7. The number of nitrogens with one attached hydrogen (secondary N) is 1. The number of pyridine rings is 1. The quantitative estimate of drug-likeness (QED) is 0.443. The smallest absolute Gasteiger partial charge is 0.269 e. The zero-order valence-corrected chi connectivity index (χ0v) is 19.2. The Hall–Kier alpha value is -3.65. The summed E-state index contributed by atoms with van der Waals surface area (Å²) in [7, 11) is 0. The third-order valence-corrected chi connectivity index (χ3v) is 6.93. The van der Waals surface area contributed by atoms with E-state index in [9.17, 15) is 14.9 Å². The Labute approximate surface area is 202 Å². The van der Waals surface area contributed by atoms with Crippen molar-refractivity contribution in [3.63, 3.8) is 0 Å². The third-order valence-electron chi connectivity index (χ3n) is 6.61. The van der Waals surface area contributed by atoms with Gasteiger partial charge in [-0.15, -0.1) is 0 Å². The van der Waals surface area contributed by atoms with Gasteiger partial charge in [0.25, 0.3) is 5.69 Å². The number of nitro groups is 1. The van der Waals surface area contributed by atoms with E-state index in [4.69, 9.17) is 11.6 Å². The fourth-order valence-corrected chi connectivity index (χ4v) is 5.22. The lowest BCUT2D eigenvalue weighted by Gasteiger charge is -2.49. The van der Waals surface area contributed by atoms with Crippen LogP contribution < -0.4 is 15.1 Å². The Morgan fingerprint density at radius 3 is 2.71 bits per heavy atom. The van der Waals surface area contributed by atoms with Crippen LogP contribution in [-0.2, 0) is 17.8 Å². The van der Waals surface area contributed by atoms with E-state index in [0.29, 0.717) is 31.1 Å². The van der Waals surface area contributed by atoms with Gasteiger partial charge in [0.15, 0.2) is 0 Å². The molecule has 0 aliphatic carbocycles. The molecule has 1 fully saturated rings. The number of nitro benzene ring substituents is 1. The highest BCUT2D eigenvalue weighted by Gasteiger charge is 2.42. The maximum atomic E-state index is 13.4. The summed E-state index contributed by atoms with van der Waals surface area (Å²) in [4.78, 5) is 33.1. The highest BCUT2D eigenvalue weighted by molar-refractivity contribution is 6.33. The summed E-state index contributed by atoms with van der Waals surface area (Å²) < 4.78 is 0. The maximum Gasteiger partial charge on any atom is 0.269 e. The van der Waals surface area contributed by atoms with E-state index in [1.54, 1.807) is 12.3 Å². The average molecular weight is 478 g/mol. The van der Waals surface area contributed by atoms with Gasteiger partial charge in [0, 0.05) is 43.7 Å². The minimum Gasteiger partial charge on any atom is -0.366 e. The maximum absolute atomic E-state index is 13.4. The molecule has 5 rings (SSSR count). The fraction of sp³-hybridized carbons (Fsp3) is 0.280. The van der Waals surface area contributed by atoms with Crippen molar-refractivity contribution in [1.82, 2.24) is 10.3 Å². The SMILES string of the molecule is O=C(NCc1ccccn1)C1Cc2cc([N+](=O)[O-])ccc2N2CCN(c3ccccc3Cl)CC12. The molecule has 0 radical (unpaired) electrons. The first-order valence-electron chi connectivity index (χ1n) is 11.2. The van der Waals surface area contributed by atoms with Gasteiger partial charge in [-0.1, -0.05) is 29.8 Å². The number of carbonyl (C=O) groups is 1. The molecule has 8 nitrogen and oxygen atoms in total. The van der Waals surface area contributed by atoms with Crippen molar-refractivity contribution in [2.45, 2.75) is 19.0 Å². The van der Waals surface area contributed by atoms with Crippen LogP contribution in [-0.4, -0.2) is 41.5 Å². The summed E-state index contributed by atoms with van der Waals surface area (Å²) in [6.45, 7) is 2.38. The van der Waals surface area contributed by atoms with E-state index in [1.165, 1.54) is 6.07 Å². The first-order valence-corrected chi connectivity index (χ1v) is 11.6. The number of carbonyl (C=O) groups excluding carboxylic acids is 1. The second-order valence-corrected chi connectivity index (χ2v) is 8.98. The van der Waals surface area contributed by atoms with Gasteiger partial charge in [-0.2, -0.15) is 0 Å². The number of piperazine rings is 1. The molecule has 174 valence electrons. The first-order chi connectivity index (χ1) is 16.5. The topological polar surface area (TPSA) is 91.6 Å². The van der Waals surface area contributed by atoms with Crippen molar-refractivity contribution in [2.75, 3.05) is 29.4 Å². The van der Waals surface area contributed by atoms with E-state index in [2.05, 4.69) is 20.1 Å². The number of amides is 1. The monoisotopic (exact) mass is 477 g/mol. The van der Waals surface area contributed by atoms with Crippen LogP contribution in [0.4, 0.5) is 17.1 Å². The van der Waals surface area contributed by atoms with Crippen LogP contribution in [0.1, 0.15) is 11.3 Å². The molecule has 1 N–H and O–H groups in total. The summed E-state index contributed by atoms with van der Waals surface area (Å²) in [5, 5.41) is 15.1. The first kappa shape index (κ1) is 22.2. The number of rotatable bonds is 5. The number of non-ortho nitro benzene ring substituents is 1. The molecule has 3 heterocycles. The van der Waals surface area contributed by atoms with Crippen LogP contribution >= 0.6 is 11.6 Å². The van der Waals surface area contributed by atoms with Crippen molar-refractivity contribution in [3.8, 4) is 0 Å². The predicted octanol–water partition coefficient (Wildman–Crippen LogP) is 3.83. The van der Waals surface area contributed by atoms with Gasteiger partial charge in [-0.05, 0) is 42.3 Å². The Bertz CT molecular complexity index is 1220. The normalized spacial score (nSPS) is 19.2. The Balaban J connectivity index is 1.45. The molecule has 0 saturated carbocycles. The van der Waals surface area contributed by atoms with Crippen molar-refractivity contribution in [3.05, 3.63) is 93.3 Å². The number of benzene rings is 2. The van der Waals surface area contributed by atoms with Crippen LogP contribution in [0.15, 0.2) is 66.9 Å². The Kier molecular flexibility index (Phi) is 6.06. The van der Waals surface area contributed by atoms with Crippen LogP contribution in [0.3, 0.4) is 0 Å². The lowest BCUT2D eigenvalue weighted by Crippen LogP contribution is -2.61. The predicted molar refractivity (Wildman–Crippen MR) is 131 cm³/mol. The molecule has 2 unspecified atom stereocenters. The highest BCUT2D eigenvalue weighted by Crippen LogP contribution is 2.39. The largest absolute Gasteiger partial charge is 0.366 e. The van der Waals surface area contributed by atoms with Gasteiger partial charge in [0.05, 0.1) is 39.8 Å². The number of fused-ring (bicyclic) bond motifs is 3. The van der Waals surface area contributed by atoms with Gasteiger partial charge in [0.2, 0.25) is 5.91 Å². The summed E-state index contributed by atoms with van der Waals surface area (Å²) in [6, 6.07) is 18.2. The van der Waals surface area contributed by atoms with Crippen LogP contribution in [0, 0.1) is 16.0 Å². The van der Waals surface area contributed by atoms with Crippen LogP contribution in [0.5, 0.6) is 0 Å². The molecule has 9 heteroatoms. The summed E-state index contributed by atoms with van der Waals surface area (Å²) in [5.41, 5.74) is 3.56. The number of hydrogen-bond acceptors (Lipinski definition) is 6. The highest BCUT2D eigenvalue weighted by atomic mass is 35.5.